The van der Waals surface area contributed by atoms with Crippen molar-refractivity contribution in [3.63, 3.8) is 0 Å². The van der Waals surface area contributed by atoms with Crippen molar-refractivity contribution < 1.29 is 4.79 Å². The van der Waals surface area contributed by atoms with Crippen molar-refractivity contribution >= 4 is 22.9 Å². The molecule has 4 aromatic rings. The molecule has 9 nitrogen and oxygen atoms in total. The number of hydrogen-bond donors (Lipinski definition) is 2. The van der Waals surface area contributed by atoms with Crippen LogP contribution in [0.4, 0.5) is 5.95 Å². The minimum atomic E-state index is -0.608. The monoisotopic (exact) mass is 426 g/mol. The number of primary amides is 1. The zero-order valence-electron chi connectivity index (χ0n) is 18.0. The predicted molar refractivity (Wildman–Crippen MR) is 121 cm³/mol. The number of nitrogen functional groups attached to an aromatic ring is 1. The van der Waals surface area contributed by atoms with E-state index in [4.69, 9.17) is 21.7 Å². The van der Waals surface area contributed by atoms with Gasteiger partial charge < -0.3 is 16.0 Å². The van der Waals surface area contributed by atoms with Crippen LogP contribution >= 0.6 is 0 Å². The fourth-order valence-corrected chi connectivity index (χ4v) is 3.63. The number of carbonyl (C=O) groups excluding carboxylic acids is 1. The molecule has 0 saturated carbocycles. The van der Waals surface area contributed by atoms with Gasteiger partial charge in [0.2, 0.25) is 5.95 Å². The molecule has 4 N–H and O–H groups in total. The molecule has 3 heterocycles. The van der Waals surface area contributed by atoms with E-state index in [1.165, 1.54) is 0 Å². The highest BCUT2D eigenvalue weighted by Crippen LogP contribution is 2.34. The molecule has 0 radical (unpaired) electrons. The van der Waals surface area contributed by atoms with E-state index in [-0.39, 0.29) is 23.5 Å². The van der Waals surface area contributed by atoms with Gasteiger partial charge in [0.25, 0.3) is 5.91 Å². The van der Waals surface area contributed by atoms with E-state index in [1.807, 2.05) is 43.5 Å². The van der Waals surface area contributed by atoms with E-state index < -0.39 is 5.91 Å². The Morgan fingerprint density at radius 2 is 1.81 bits per heavy atom. The summed E-state index contributed by atoms with van der Waals surface area (Å²) < 4.78 is 2.02. The van der Waals surface area contributed by atoms with Crippen LogP contribution in [0.1, 0.15) is 36.8 Å². The number of carbonyl (C=O) groups is 1. The van der Waals surface area contributed by atoms with Crippen LogP contribution in [0.25, 0.3) is 33.7 Å². The van der Waals surface area contributed by atoms with Gasteiger partial charge >= 0.3 is 0 Å². The van der Waals surface area contributed by atoms with E-state index in [9.17, 15) is 4.79 Å². The lowest BCUT2D eigenvalue weighted by Gasteiger charge is -2.25. The molecule has 9 heteroatoms. The Balaban J connectivity index is 1.99. The molecule has 160 valence electrons. The highest BCUT2D eigenvalue weighted by atomic mass is 16.1. The fraction of sp³-hybridized carbons (Fsp3) is 0.217. The molecule has 0 unspecified atom stereocenters. The number of benzene rings is 1. The second-order valence-electron chi connectivity index (χ2n) is 8.37. The number of amides is 1. The highest BCUT2D eigenvalue weighted by molar-refractivity contribution is 5.99. The van der Waals surface area contributed by atoms with Crippen LogP contribution in [0.15, 0.2) is 42.7 Å². The third kappa shape index (κ3) is 3.74. The maximum atomic E-state index is 12.2. The molecule has 0 fully saturated rings. The summed E-state index contributed by atoms with van der Waals surface area (Å²) in [5.41, 5.74) is 15.3. The molecule has 0 spiro atoms. The molecule has 1 aromatic carbocycles. The van der Waals surface area contributed by atoms with E-state index in [0.717, 1.165) is 16.6 Å². The Bertz CT molecular complexity index is 1370. The second-order valence-corrected chi connectivity index (χ2v) is 8.37. The second kappa shape index (κ2) is 7.74. The summed E-state index contributed by atoms with van der Waals surface area (Å²) in [4.78, 5) is 29.7. The van der Waals surface area contributed by atoms with Crippen LogP contribution in [-0.4, -0.2) is 30.4 Å². The summed E-state index contributed by atoms with van der Waals surface area (Å²) in [5.74, 6) is 0.103. The van der Waals surface area contributed by atoms with Gasteiger partial charge in [0.1, 0.15) is 5.69 Å². The Kier molecular flexibility index (Phi) is 5.06. The van der Waals surface area contributed by atoms with Crippen LogP contribution in [0.5, 0.6) is 0 Å². The summed E-state index contributed by atoms with van der Waals surface area (Å²) in [5, 5.41) is 9.09. The number of hydrogen-bond acceptors (Lipinski definition) is 7. The Morgan fingerprint density at radius 1 is 1.09 bits per heavy atom. The maximum Gasteiger partial charge on any atom is 0.251 e. The van der Waals surface area contributed by atoms with Crippen molar-refractivity contribution in [2.24, 2.45) is 5.73 Å². The Labute approximate surface area is 184 Å². The first-order valence-electron chi connectivity index (χ1n) is 9.97. The zero-order valence-corrected chi connectivity index (χ0v) is 18.0. The standard InChI is InChI=1S/C23H22N8O/c1-23(2,3)31-18-7-4-13(14-11-27-22(26)28-12-14)10-17(18)30-21(31)19-16(20(25)32)6-5-15(29-19)8-9-24/h4-7,10-12H,8H2,1-3H3,(H2,25,32)(H2,26,27,28). The van der Waals surface area contributed by atoms with E-state index in [2.05, 4.69) is 21.0 Å². The molecular formula is C23H22N8O. The van der Waals surface area contributed by atoms with Gasteiger partial charge in [0.05, 0.1) is 34.8 Å². The molecule has 32 heavy (non-hydrogen) atoms. The number of pyridine rings is 1. The van der Waals surface area contributed by atoms with Crippen LogP contribution in [0, 0.1) is 11.3 Å². The summed E-state index contributed by atoms with van der Waals surface area (Å²) >= 11 is 0. The zero-order chi connectivity index (χ0) is 23.0. The molecule has 0 aliphatic heterocycles. The SMILES string of the molecule is CC(C)(C)n1c(-c2nc(CC#N)ccc2C(N)=O)nc2cc(-c3cnc(N)nc3)ccc21. The van der Waals surface area contributed by atoms with E-state index in [0.29, 0.717) is 22.7 Å². The van der Waals surface area contributed by atoms with Gasteiger partial charge in [-0.2, -0.15) is 5.26 Å². The smallest absolute Gasteiger partial charge is 0.251 e. The third-order valence-electron chi connectivity index (χ3n) is 5.02. The largest absolute Gasteiger partial charge is 0.368 e. The summed E-state index contributed by atoms with van der Waals surface area (Å²) in [6, 6.07) is 11.2. The predicted octanol–water partition coefficient (Wildman–Crippen LogP) is 3.06. The van der Waals surface area contributed by atoms with E-state index >= 15 is 0 Å². The number of nitrogens with two attached hydrogens (primary N) is 2. The molecule has 0 aliphatic rings. The van der Waals surface area contributed by atoms with E-state index in [1.54, 1.807) is 24.5 Å². The normalized spacial score (nSPS) is 11.4. The third-order valence-corrected chi connectivity index (χ3v) is 5.02. The van der Waals surface area contributed by atoms with Gasteiger partial charge in [-0.25, -0.2) is 19.9 Å². The Hall–Kier alpha value is -4.32. The molecular weight excluding hydrogens is 404 g/mol. The quantitative estimate of drug-likeness (QED) is 0.509. The van der Waals surface area contributed by atoms with Crippen molar-refractivity contribution in [3.8, 4) is 28.7 Å². The molecule has 4 rings (SSSR count). The van der Waals surface area contributed by atoms with Gasteiger partial charge in [0.15, 0.2) is 5.82 Å². The van der Waals surface area contributed by atoms with Crippen LogP contribution in [0.2, 0.25) is 0 Å². The van der Waals surface area contributed by atoms with Crippen molar-refractivity contribution in [1.29, 1.82) is 5.26 Å². The number of nitriles is 1. The van der Waals surface area contributed by atoms with Crippen molar-refractivity contribution in [3.05, 3.63) is 54.0 Å². The van der Waals surface area contributed by atoms with Gasteiger partial charge in [-0.1, -0.05) is 6.07 Å². The molecule has 0 saturated heterocycles. The number of rotatable bonds is 4. The van der Waals surface area contributed by atoms with Crippen LogP contribution in [0.3, 0.4) is 0 Å². The number of fused-ring (bicyclic) bond motifs is 1. The van der Waals surface area contributed by atoms with Gasteiger partial charge in [-0.3, -0.25) is 4.79 Å². The number of imidazole rings is 1. The molecule has 0 bridgehead atoms. The minimum Gasteiger partial charge on any atom is -0.368 e. The van der Waals surface area contributed by atoms with Gasteiger partial charge in [-0.05, 0) is 50.6 Å². The lowest BCUT2D eigenvalue weighted by atomic mass is 10.1. The first-order chi connectivity index (χ1) is 15.2. The van der Waals surface area contributed by atoms with Gasteiger partial charge in [0, 0.05) is 23.5 Å². The van der Waals surface area contributed by atoms with Crippen molar-refractivity contribution in [2.45, 2.75) is 32.7 Å². The number of aromatic nitrogens is 5. The molecule has 1 amide bonds. The Morgan fingerprint density at radius 3 is 2.44 bits per heavy atom. The average Bonchev–Trinajstić information content (AvgIpc) is 3.13. The fourth-order valence-electron chi connectivity index (χ4n) is 3.63. The lowest BCUT2D eigenvalue weighted by molar-refractivity contribution is 0.100. The van der Waals surface area contributed by atoms with Gasteiger partial charge in [-0.15, -0.1) is 0 Å². The van der Waals surface area contributed by atoms with Crippen LogP contribution in [-0.2, 0) is 12.0 Å². The first kappa shape index (κ1) is 20.9. The molecule has 3 aromatic heterocycles. The summed E-state index contributed by atoms with van der Waals surface area (Å²) in [6.45, 7) is 6.13. The lowest BCUT2D eigenvalue weighted by Crippen LogP contribution is -2.24. The number of nitrogens with zero attached hydrogens (tertiary/aromatic N) is 6. The van der Waals surface area contributed by atoms with Crippen molar-refractivity contribution in [1.82, 2.24) is 24.5 Å². The van der Waals surface area contributed by atoms with Crippen LogP contribution < -0.4 is 11.5 Å². The maximum absolute atomic E-state index is 12.2. The highest BCUT2D eigenvalue weighted by Gasteiger charge is 2.26. The summed E-state index contributed by atoms with van der Waals surface area (Å²) in [7, 11) is 0. The minimum absolute atomic E-state index is 0.114. The summed E-state index contributed by atoms with van der Waals surface area (Å²) in [6.07, 6.45) is 3.43. The molecule has 0 aliphatic carbocycles. The topological polar surface area (TPSA) is 149 Å². The average molecular weight is 426 g/mol. The van der Waals surface area contributed by atoms with Crippen molar-refractivity contribution in [2.75, 3.05) is 5.73 Å². The molecule has 0 atom stereocenters. The first-order valence-corrected chi connectivity index (χ1v) is 9.97. The number of anilines is 1.